The first kappa shape index (κ1) is 24.8. The van der Waals surface area contributed by atoms with Crippen molar-refractivity contribution in [1.29, 1.82) is 0 Å². The number of methoxy groups -OCH3 is 1. The van der Waals surface area contributed by atoms with Gasteiger partial charge in [-0.1, -0.05) is 46.3 Å². The van der Waals surface area contributed by atoms with Gasteiger partial charge < -0.3 is 14.2 Å². The van der Waals surface area contributed by atoms with Crippen LogP contribution in [0.4, 0.5) is 0 Å². The fourth-order valence-corrected chi connectivity index (χ4v) is 9.21. The molecule has 0 radical (unpaired) electrons. The molecule has 5 rings (SSSR count). The lowest BCUT2D eigenvalue weighted by atomic mass is 9.46. The van der Waals surface area contributed by atoms with Gasteiger partial charge in [-0.05, 0) is 85.4 Å². The second kappa shape index (κ2) is 8.61. The number of ether oxygens (including phenoxy) is 3. The Morgan fingerprint density at radius 2 is 1.79 bits per heavy atom. The van der Waals surface area contributed by atoms with Crippen molar-refractivity contribution in [3.8, 4) is 0 Å². The molecule has 34 heavy (non-hydrogen) atoms. The first-order valence-corrected chi connectivity index (χ1v) is 14.1. The van der Waals surface area contributed by atoms with E-state index in [4.69, 9.17) is 14.2 Å². The summed E-state index contributed by atoms with van der Waals surface area (Å²) in [7, 11) is 1.51. The number of hydrogen-bond acceptors (Lipinski definition) is 4. The Morgan fingerprint density at radius 3 is 2.50 bits per heavy atom. The average molecular weight is 473 g/mol. The second-order valence-electron chi connectivity index (χ2n) is 13.9. The predicted molar refractivity (Wildman–Crippen MR) is 134 cm³/mol. The van der Waals surface area contributed by atoms with E-state index >= 15 is 0 Å². The molecule has 0 amide bonds. The number of rotatable bonds is 4. The second-order valence-corrected chi connectivity index (χ2v) is 13.9. The molecule has 1 spiro atoms. The molecule has 7 atom stereocenters. The van der Waals surface area contributed by atoms with Gasteiger partial charge in [0.05, 0.1) is 20.3 Å². The summed E-state index contributed by atoms with van der Waals surface area (Å²) in [6, 6.07) is 0. The summed E-state index contributed by atoms with van der Waals surface area (Å²) in [6.07, 6.45) is 14.0. The quantitative estimate of drug-likeness (QED) is 0.329. The van der Waals surface area contributed by atoms with E-state index in [2.05, 4.69) is 40.7 Å². The molecule has 4 nitrogen and oxygen atoms in total. The van der Waals surface area contributed by atoms with Crippen molar-refractivity contribution in [1.82, 2.24) is 0 Å². The zero-order valence-electron chi connectivity index (χ0n) is 22.6. The third-order valence-electron chi connectivity index (χ3n) is 11.4. The van der Waals surface area contributed by atoms with Crippen LogP contribution in [0.5, 0.6) is 0 Å². The van der Waals surface area contributed by atoms with Gasteiger partial charge in [0.2, 0.25) is 0 Å². The molecular weight excluding hydrogens is 424 g/mol. The van der Waals surface area contributed by atoms with Gasteiger partial charge in [-0.2, -0.15) is 0 Å². The summed E-state index contributed by atoms with van der Waals surface area (Å²) in [6.45, 7) is 13.6. The van der Waals surface area contributed by atoms with E-state index in [1.165, 1.54) is 45.6 Å². The molecule has 1 aliphatic heterocycles. The Kier molecular flexibility index (Phi) is 6.28. The van der Waals surface area contributed by atoms with Gasteiger partial charge in [0.25, 0.3) is 0 Å². The highest BCUT2D eigenvalue weighted by Crippen LogP contribution is 2.68. The van der Waals surface area contributed by atoms with Crippen LogP contribution < -0.4 is 0 Å². The maximum atomic E-state index is 11.7. The van der Waals surface area contributed by atoms with Gasteiger partial charge in [-0.25, -0.2) is 0 Å². The van der Waals surface area contributed by atoms with Crippen molar-refractivity contribution in [2.45, 2.75) is 105 Å². The summed E-state index contributed by atoms with van der Waals surface area (Å²) in [5.74, 6) is 3.34. The first-order chi connectivity index (χ1) is 16.0. The Balaban J connectivity index is 1.31. The van der Waals surface area contributed by atoms with Gasteiger partial charge >= 0.3 is 5.97 Å². The van der Waals surface area contributed by atoms with Gasteiger partial charge in [-0.3, -0.25) is 4.79 Å². The molecule has 1 saturated heterocycles. The zero-order valence-corrected chi connectivity index (χ0v) is 22.6. The largest absolute Gasteiger partial charge is 0.469 e. The van der Waals surface area contributed by atoms with Crippen molar-refractivity contribution >= 4 is 5.97 Å². The van der Waals surface area contributed by atoms with Crippen LogP contribution in [0.2, 0.25) is 0 Å². The van der Waals surface area contributed by atoms with Gasteiger partial charge in [0.15, 0.2) is 5.79 Å². The molecule has 1 heterocycles. The maximum absolute atomic E-state index is 11.7. The molecule has 4 fully saturated rings. The monoisotopic (exact) mass is 472 g/mol. The minimum Gasteiger partial charge on any atom is -0.469 e. The van der Waals surface area contributed by atoms with Crippen molar-refractivity contribution in [3.05, 3.63) is 11.6 Å². The number of carbonyl (C=O) groups excluding carboxylic acids is 1. The summed E-state index contributed by atoms with van der Waals surface area (Å²) < 4.78 is 17.8. The normalized spacial score (nSPS) is 43.3. The lowest BCUT2D eigenvalue weighted by molar-refractivity contribution is -0.310. The summed E-state index contributed by atoms with van der Waals surface area (Å²) in [5.41, 5.74) is 2.49. The molecule has 0 N–H and O–H groups in total. The Bertz CT molecular complexity index is 820. The van der Waals surface area contributed by atoms with Crippen LogP contribution in [0.1, 0.15) is 98.8 Å². The first-order valence-electron chi connectivity index (χ1n) is 14.1. The molecule has 0 bridgehead atoms. The van der Waals surface area contributed by atoms with Gasteiger partial charge in [0, 0.05) is 24.7 Å². The van der Waals surface area contributed by atoms with Crippen LogP contribution >= 0.6 is 0 Å². The Hall–Kier alpha value is -0.870. The van der Waals surface area contributed by atoms with Crippen LogP contribution in [0.15, 0.2) is 11.6 Å². The van der Waals surface area contributed by atoms with E-state index in [1.807, 2.05) is 0 Å². The standard InChI is InChI=1S/C30H48O4/c1-20(7-12-26(31)32-6)23-10-11-24-22-9-8-21-17-30(33-18-27(2,3)19-34-30)16-15-28(21,4)25(22)13-14-29(23,24)5/h8,20,22-25H,7,9-19H2,1-6H3/t20-,22+,23-,24+,25+,28+,29-/m1/s1. The summed E-state index contributed by atoms with van der Waals surface area (Å²) in [4.78, 5) is 11.7. The van der Waals surface area contributed by atoms with Crippen molar-refractivity contribution in [2.75, 3.05) is 20.3 Å². The maximum Gasteiger partial charge on any atom is 0.305 e. The molecule has 4 aliphatic carbocycles. The minimum absolute atomic E-state index is 0.0577. The van der Waals surface area contributed by atoms with E-state index in [-0.39, 0.29) is 17.2 Å². The zero-order chi connectivity index (χ0) is 24.4. The molecule has 0 aromatic heterocycles. The molecule has 0 unspecified atom stereocenters. The van der Waals surface area contributed by atoms with Crippen LogP contribution in [-0.4, -0.2) is 32.1 Å². The SMILES string of the molecule is COC(=O)CC[C@@H](C)[C@H]1CC[C@H]2[C@@H]3CC=C4CC5(CC[C@]4(C)[C@H]3CC[C@]12C)OCC(C)(C)CO5. The smallest absolute Gasteiger partial charge is 0.305 e. The molecule has 4 heteroatoms. The predicted octanol–water partition coefficient (Wildman–Crippen LogP) is 6.92. The van der Waals surface area contributed by atoms with Crippen LogP contribution in [-0.2, 0) is 19.0 Å². The minimum atomic E-state index is -0.371. The number of hydrogen-bond donors (Lipinski definition) is 0. The molecule has 192 valence electrons. The van der Waals surface area contributed by atoms with E-state index in [0.29, 0.717) is 23.2 Å². The number of allylic oxidation sites excluding steroid dienone is 1. The van der Waals surface area contributed by atoms with Gasteiger partial charge in [-0.15, -0.1) is 0 Å². The lowest BCUT2D eigenvalue weighted by Crippen LogP contribution is -2.55. The fourth-order valence-electron chi connectivity index (χ4n) is 9.21. The number of fused-ring (bicyclic) bond motifs is 5. The average Bonchev–Trinajstić information content (AvgIpc) is 3.17. The molecular formula is C30H48O4. The van der Waals surface area contributed by atoms with E-state index in [0.717, 1.165) is 56.1 Å². The van der Waals surface area contributed by atoms with E-state index in [9.17, 15) is 4.79 Å². The molecule has 0 aromatic rings. The molecule has 3 saturated carbocycles. The van der Waals surface area contributed by atoms with Crippen molar-refractivity contribution in [2.24, 2.45) is 45.8 Å². The van der Waals surface area contributed by atoms with E-state index in [1.54, 1.807) is 5.57 Å². The Morgan fingerprint density at radius 1 is 1.06 bits per heavy atom. The highest BCUT2D eigenvalue weighted by molar-refractivity contribution is 5.69. The highest BCUT2D eigenvalue weighted by atomic mass is 16.7. The summed E-state index contributed by atoms with van der Waals surface area (Å²) >= 11 is 0. The topological polar surface area (TPSA) is 44.8 Å². The third kappa shape index (κ3) is 3.99. The van der Waals surface area contributed by atoms with Crippen LogP contribution in [0, 0.1) is 45.8 Å². The van der Waals surface area contributed by atoms with Crippen molar-refractivity contribution < 1.29 is 19.0 Å². The number of esters is 1. The summed E-state index contributed by atoms with van der Waals surface area (Å²) in [5, 5.41) is 0. The van der Waals surface area contributed by atoms with Crippen molar-refractivity contribution in [3.63, 3.8) is 0 Å². The molecule has 0 aromatic carbocycles. The number of carbonyl (C=O) groups is 1. The highest BCUT2D eigenvalue weighted by Gasteiger charge is 2.60. The van der Waals surface area contributed by atoms with E-state index < -0.39 is 0 Å². The van der Waals surface area contributed by atoms with Crippen LogP contribution in [0.25, 0.3) is 0 Å². The van der Waals surface area contributed by atoms with Crippen LogP contribution in [0.3, 0.4) is 0 Å². The van der Waals surface area contributed by atoms with Gasteiger partial charge in [0.1, 0.15) is 0 Å². The molecule has 5 aliphatic rings. The lowest BCUT2D eigenvalue weighted by Gasteiger charge is -2.60. The Labute approximate surface area is 207 Å². The fraction of sp³-hybridized carbons (Fsp3) is 0.900. The third-order valence-corrected chi connectivity index (χ3v) is 11.4.